The van der Waals surface area contributed by atoms with Gasteiger partial charge < -0.3 is 4.74 Å². The fourth-order valence-electron chi connectivity index (χ4n) is 4.11. The van der Waals surface area contributed by atoms with Gasteiger partial charge in [0.25, 0.3) is 11.8 Å². The van der Waals surface area contributed by atoms with Gasteiger partial charge in [-0.2, -0.15) is 0 Å². The summed E-state index contributed by atoms with van der Waals surface area (Å²) in [5.74, 6) is -1.05. The molecule has 0 bridgehead atoms. The molecule has 0 saturated carbocycles. The van der Waals surface area contributed by atoms with Crippen LogP contribution in [0.4, 0.5) is 10.5 Å². The third kappa shape index (κ3) is 3.09. The summed E-state index contributed by atoms with van der Waals surface area (Å²) in [4.78, 5) is 39.0. The molecule has 1 N–H and O–H groups in total. The molecule has 6 heteroatoms. The van der Waals surface area contributed by atoms with Gasteiger partial charge in [0.2, 0.25) is 0 Å². The van der Waals surface area contributed by atoms with Crippen LogP contribution < -0.4 is 15.0 Å². The van der Waals surface area contributed by atoms with Gasteiger partial charge in [-0.25, -0.2) is 9.69 Å². The van der Waals surface area contributed by atoms with E-state index in [1.165, 1.54) is 24.3 Å². The van der Waals surface area contributed by atoms with E-state index in [1.807, 2.05) is 30.3 Å². The second kappa shape index (κ2) is 7.25. The van der Waals surface area contributed by atoms with Crippen LogP contribution in [0.15, 0.2) is 72.3 Å². The zero-order valence-corrected chi connectivity index (χ0v) is 16.7. The lowest BCUT2D eigenvalue weighted by atomic mass is 10.0. The molecule has 1 fully saturated rings. The third-order valence-corrected chi connectivity index (χ3v) is 5.56. The molecule has 2 aliphatic rings. The van der Waals surface area contributed by atoms with Crippen LogP contribution in [0.2, 0.25) is 0 Å². The smallest absolute Gasteiger partial charge is 0.336 e. The number of barbiturate groups is 1. The van der Waals surface area contributed by atoms with Gasteiger partial charge in [-0.3, -0.25) is 14.9 Å². The van der Waals surface area contributed by atoms with Crippen LogP contribution in [0.1, 0.15) is 16.7 Å². The number of nitrogens with zero attached hydrogens (tertiary/aromatic N) is 1. The van der Waals surface area contributed by atoms with E-state index in [-0.39, 0.29) is 11.3 Å². The van der Waals surface area contributed by atoms with Gasteiger partial charge in [-0.1, -0.05) is 54.6 Å². The summed E-state index contributed by atoms with van der Waals surface area (Å²) in [5.41, 5.74) is 5.63. The topological polar surface area (TPSA) is 75.7 Å². The van der Waals surface area contributed by atoms with Gasteiger partial charge in [0.15, 0.2) is 0 Å². The Bertz CT molecular complexity index is 1290. The first kappa shape index (κ1) is 18.8. The van der Waals surface area contributed by atoms with Crippen LogP contribution in [0.25, 0.3) is 17.2 Å². The second-order valence-corrected chi connectivity index (χ2v) is 7.38. The quantitative estimate of drug-likeness (QED) is 0.410. The molecular weight excluding hydrogens is 392 g/mol. The summed E-state index contributed by atoms with van der Waals surface area (Å²) in [6.45, 7) is 0. The van der Waals surface area contributed by atoms with Gasteiger partial charge in [0.1, 0.15) is 11.3 Å². The number of benzene rings is 3. The van der Waals surface area contributed by atoms with Gasteiger partial charge in [0, 0.05) is 0 Å². The molecule has 0 unspecified atom stereocenters. The summed E-state index contributed by atoms with van der Waals surface area (Å²) in [6, 6.07) is 19.9. The van der Waals surface area contributed by atoms with E-state index < -0.39 is 17.8 Å². The highest BCUT2D eigenvalue weighted by atomic mass is 16.5. The lowest BCUT2D eigenvalue weighted by Crippen LogP contribution is -2.54. The zero-order chi connectivity index (χ0) is 21.5. The maximum Gasteiger partial charge on any atom is 0.336 e. The van der Waals surface area contributed by atoms with Gasteiger partial charge in [-0.05, 0) is 52.4 Å². The maximum atomic E-state index is 13.2. The Hall–Kier alpha value is -4.19. The second-order valence-electron chi connectivity index (χ2n) is 7.38. The number of nitrogens with one attached hydrogen (secondary N) is 1. The predicted octanol–water partition coefficient (Wildman–Crippen LogP) is 3.93. The number of imide groups is 2. The number of hydrogen-bond donors (Lipinski definition) is 1. The largest absolute Gasteiger partial charge is 0.495 e. The van der Waals surface area contributed by atoms with Gasteiger partial charge in [-0.15, -0.1) is 0 Å². The summed E-state index contributed by atoms with van der Waals surface area (Å²) < 4.78 is 5.28. The normalized spacial score (nSPS) is 16.2. The van der Waals surface area contributed by atoms with E-state index in [0.29, 0.717) is 5.75 Å². The molecule has 6 nitrogen and oxygen atoms in total. The number of hydrogen-bond acceptors (Lipinski definition) is 4. The van der Waals surface area contributed by atoms with Crippen molar-refractivity contribution >= 4 is 29.6 Å². The molecule has 1 heterocycles. The van der Waals surface area contributed by atoms with Crippen molar-refractivity contribution < 1.29 is 19.1 Å². The molecule has 3 aromatic carbocycles. The molecule has 5 rings (SSSR count). The van der Waals surface area contributed by atoms with Crippen molar-refractivity contribution in [3.63, 3.8) is 0 Å². The molecule has 1 aliphatic carbocycles. The number of amides is 4. The van der Waals surface area contributed by atoms with Crippen molar-refractivity contribution in [3.8, 4) is 16.9 Å². The Morgan fingerprint density at radius 3 is 2.48 bits per heavy atom. The van der Waals surface area contributed by atoms with Crippen LogP contribution in [0, 0.1) is 0 Å². The zero-order valence-electron chi connectivity index (χ0n) is 16.7. The SMILES string of the molecule is COc1ccccc1N1C(=O)NC(=O)/C(=C\c2ccc3c(c2)Cc2ccccc2-3)C1=O. The number of carbonyl (C=O) groups is 3. The van der Waals surface area contributed by atoms with Crippen LogP contribution >= 0.6 is 0 Å². The highest BCUT2D eigenvalue weighted by Gasteiger charge is 2.38. The van der Waals surface area contributed by atoms with Gasteiger partial charge >= 0.3 is 6.03 Å². The summed E-state index contributed by atoms with van der Waals surface area (Å²) >= 11 is 0. The molecule has 3 aromatic rings. The van der Waals surface area contributed by atoms with Crippen molar-refractivity contribution in [2.45, 2.75) is 6.42 Å². The van der Waals surface area contributed by atoms with E-state index in [9.17, 15) is 14.4 Å². The van der Waals surface area contributed by atoms with Crippen LogP contribution in [-0.4, -0.2) is 25.0 Å². The Kier molecular flexibility index (Phi) is 4.40. The van der Waals surface area contributed by atoms with E-state index in [0.717, 1.165) is 28.0 Å². The number of ether oxygens (including phenoxy) is 1. The van der Waals surface area contributed by atoms with E-state index in [4.69, 9.17) is 4.74 Å². The van der Waals surface area contributed by atoms with Crippen LogP contribution in [0.3, 0.4) is 0 Å². The summed E-state index contributed by atoms with van der Waals surface area (Å²) in [6.07, 6.45) is 2.32. The lowest BCUT2D eigenvalue weighted by Gasteiger charge is -2.27. The lowest BCUT2D eigenvalue weighted by molar-refractivity contribution is -0.122. The number of methoxy groups -OCH3 is 1. The highest BCUT2D eigenvalue weighted by Crippen LogP contribution is 2.37. The Labute approximate surface area is 178 Å². The average Bonchev–Trinajstić information content (AvgIpc) is 3.14. The minimum atomic E-state index is -0.805. The number of para-hydroxylation sites is 2. The molecule has 1 saturated heterocycles. The van der Waals surface area contributed by atoms with E-state index in [2.05, 4.69) is 17.4 Å². The monoisotopic (exact) mass is 410 g/mol. The first-order valence-corrected chi connectivity index (χ1v) is 9.82. The number of rotatable bonds is 3. The fourth-order valence-corrected chi connectivity index (χ4v) is 4.11. The number of urea groups is 1. The molecule has 0 aromatic heterocycles. The fraction of sp³-hybridized carbons (Fsp3) is 0.0800. The Morgan fingerprint density at radius 2 is 1.65 bits per heavy atom. The van der Waals surface area contributed by atoms with Crippen molar-refractivity contribution in [2.75, 3.05) is 12.0 Å². The minimum absolute atomic E-state index is 0.110. The molecule has 4 amide bonds. The van der Waals surface area contributed by atoms with E-state index in [1.54, 1.807) is 24.3 Å². The molecule has 0 spiro atoms. The molecule has 1 aliphatic heterocycles. The first-order valence-electron chi connectivity index (χ1n) is 9.82. The number of anilines is 1. The maximum absolute atomic E-state index is 13.2. The number of carbonyl (C=O) groups excluding carboxylic acids is 3. The predicted molar refractivity (Wildman–Crippen MR) is 117 cm³/mol. The summed E-state index contributed by atoms with van der Waals surface area (Å²) in [7, 11) is 1.45. The standard InChI is InChI=1S/C25H18N2O4/c1-31-22-9-5-4-8-21(22)27-24(29)20(23(28)26-25(27)30)13-15-10-11-19-17(12-15)14-16-6-2-3-7-18(16)19/h2-13H,14H2,1H3,(H,26,28,30)/b20-13+. The molecule has 0 radical (unpaired) electrons. The molecule has 31 heavy (non-hydrogen) atoms. The Balaban J connectivity index is 1.53. The third-order valence-electron chi connectivity index (χ3n) is 5.56. The van der Waals surface area contributed by atoms with Gasteiger partial charge in [0.05, 0.1) is 12.8 Å². The molecule has 152 valence electrons. The average molecular weight is 410 g/mol. The minimum Gasteiger partial charge on any atom is -0.495 e. The number of fused-ring (bicyclic) bond motifs is 3. The summed E-state index contributed by atoms with van der Waals surface area (Å²) in [5, 5.41) is 2.25. The van der Waals surface area contributed by atoms with Crippen LogP contribution in [0.5, 0.6) is 5.75 Å². The van der Waals surface area contributed by atoms with E-state index >= 15 is 0 Å². The van der Waals surface area contributed by atoms with Crippen molar-refractivity contribution in [3.05, 3.63) is 89.0 Å². The highest BCUT2D eigenvalue weighted by molar-refractivity contribution is 6.39. The first-order chi connectivity index (χ1) is 15.1. The Morgan fingerprint density at radius 1 is 0.903 bits per heavy atom. The molecular formula is C25H18N2O4. The molecule has 0 atom stereocenters. The van der Waals surface area contributed by atoms with Crippen LogP contribution in [-0.2, 0) is 16.0 Å². The van der Waals surface area contributed by atoms with Crippen molar-refractivity contribution in [1.29, 1.82) is 0 Å². The van der Waals surface area contributed by atoms with Crippen molar-refractivity contribution in [1.82, 2.24) is 5.32 Å². The van der Waals surface area contributed by atoms with Crippen molar-refractivity contribution in [2.24, 2.45) is 0 Å².